The Hall–Kier alpha value is -2.96. The third kappa shape index (κ3) is 4.96. The number of hydrogen-bond donors (Lipinski definition) is 2. The van der Waals surface area contributed by atoms with E-state index >= 15 is 0 Å². The lowest BCUT2D eigenvalue weighted by Gasteiger charge is -2.31. The molecule has 1 atom stereocenters. The van der Waals surface area contributed by atoms with Gasteiger partial charge in [-0.1, -0.05) is 42.5 Å². The average molecular weight is 405 g/mol. The van der Waals surface area contributed by atoms with E-state index in [0.29, 0.717) is 12.3 Å². The first-order valence-corrected chi connectivity index (χ1v) is 10.4. The number of benzene rings is 2. The second-order valence-electron chi connectivity index (χ2n) is 7.66. The Kier molecular flexibility index (Phi) is 6.57. The van der Waals surface area contributed by atoms with Gasteiger partial charge >= 0.3 is 0 Å². The van der Waals surface area contributed by atoms with Crippen LogP contribution in [0, 0.1) is 0 Å². The summed E-state index contributed by atoms with van der Waals surface area (Å²) in [6, 6.07) is 18.4. The highest BCUT2D eigenvalue weighted by Gasteiger charge is 2.19. The van der Waals surface area contributed by atoms with E-state index in [4.69, 9.17) is 4.74 Å². The molecule has 0 aliphatic carbocycles. The summed E-state index contributed by atoms with van der Waals surface area (Å²) in [4.78, 5) is 19.1. The topological polar surface area (TPSA) is 66.5 Å². The highest BCUT2D eigenvalue weighted by Crippen LogP contribution is 2.22. The zero-order chi connectivity index (χ0) is 20.8. The summed E-state index contributed by atoms with van der Waals surface area (Å²) in [6.07, 6.45) is 2.80. The molecular formula is C24H28N4O2. The van der Waals surface area contributed by atoms with Gasteiger partial charge in [0.05, 0.1) is 0 Å². The monoisotopic (exact) mass is 404 g/mol. The SMILES string of the molecule is CNC(CNC(=O)COc1cccc2cccnc12)CN1CCc2ccccc2C1. The summed E-state index contributed by atoms with van der Waals surface area (Å²) in [5.74, 6) is 0.493. The average Bonchev–Trinajstić information content (AvgIpc) is 2.80. The number of pyridine rings is 1. The summed E-state index contributed by atoms with van der Waals surface area (Å²) in [5, 5.41) is 7.30. The van der Waals surface area contributed by atoms with Crippen LogP contribution >= 0.6 is 0 Å². The quantitative estimate of drug-likeness (QED) is 0.603. The van der Waals surface area contributed by atoms with Gasteiger partial charge in [-0.05, 0) is 36.7 Å². The van der Waals surface area contributed by atoms with Gasteiger partial charge in [-0.25, -0.2) is 0 Å². The van der Waals surface area contributed by atoms with Gasteiger partial charge in [-0.3, -0.25) is 14.7 Å². The molecule has 3 aromatic rings. The van der Waals surface area contributed by atoms with Gasteiger partial charge < -0.3 is 15.4 Å². The van der Waals surface area contributed by atoms with Gasteiger partial charge in [0, 0.05) is 43.8 Å². The second kappa shape index (κ2) is 9.69. The molecule has 0 spiro atoms. The molecule has 1 unspecified atom stereocenters. The lowest BCUT2D eigenvalue weighted by molar-refractivity contribution is -0.123. The minimum atomic E-state index is -0.132. The molecule has 0 saturated heterocycles. The zero-order valence-corrected chi connectivity index (χ0v) is 17.3. The number of carbonyl (C=O) groups is 1. The summed E-state index contributed by atoms with van der Waals surface area (Å²) < 4.78 is 5.73. The summed E-state index contributed by atoms with van der Waals surface area (Å²) >= 11 is 0. The number of carbonyl (C=O) groups excluding carboxylic acids is 1. The van der Waals surface area contributed by atoms with Crippen LogP contribution in [0.5, 0.6) is 5.75 Å². The maximum Gasteiger partial charge on any atom is 0.257 e. The Bertz CT molecular complexity index is 1000. The predicted molar refractivity (Wildman–Crippen MR) is 119 cm³/mol. The van der Waals surface area contributed by atoms with Crippen molar-refractivity contribution in [3.63, 3.8) is 0 Å². The Morgan fingerprint density at radius 1 is 1.13 bits per heavy atom. The molecule has 0 bridgehead atoms. The lowest BCUT2D eigenvalue weighted by Crippen LogP contribution is -2.48. The number of hydrogen-bond acceptors (Lipinski definition) is 5. The first kappa shape index (κ1) is 20.3. The molecule has 1 amide bonds. The van der Waals surface area contributed by atoms with Gasteiger partial charge in [-0.15, -0.1) is 0 Å². The van der Waals surface area contributed by atoms with E-state index in [0.717, 1.165) is 37.0 Å². The van der Waals surface area contributed by atoms with Crippen molar-refractivity contribution in [2.24, 2.45) is 0 Å². The number of nitrogens with one attached hydrogen (secondary N) is 2. The fourth-order valence-corrected chi connectivity index (χ4v) is 3.90. The Labute approximate surface area is 177 Å². The molecular weight excluding hydrogens is 376 g/mol. The Morgan fingerprint density at radius 3 is 2.83 bits per heavy atom. The molecule has 0 fully saturated rings. The zero-order valence-electron chi connectivity index (χ0n) is 17.3. The van der Waals surface area contributed by atoms with Crippen LogP contribution in [0.15, 0.2) is 60.8 Å². The van der Waals surface area contributed by atoms with E-state index in [9.17, 15) is 4.79 Å². The standard InChI is InChI=1S/C24H28N4O2/c1-25-21(16-28-13-11-18-6-2-3-7-20(18)15-28)14-27-23(29)17-30-22-10-4-8-19-9-5-12-26-24(19)22/h2-10,12,21,25H,11,13-17H2,1H3,(H,27,29). The summed E-state index contributed by atoms with van der Waals surface area (Å²) in [6.45, 7) is 3.42. The fourth-order valence-electron chi connectivity index (χ4n) is 3.90. The van der Waals surface area contributed by atoms with Crippen molar-refractivity contribution in [1.82, 2.24) is 20.5 Å². The highest BCUT2D eigenvalue weighted by molar-refractivity contribution is 5.85. The third-order valence-corrected chi connectivity index (χ3v) is 5.60. The van der Waals surface area contributed by atoms with Crippen LogP contribution < -0.4 is 15.4 Å². The van der Waals surface area contributed by atoms with Crippen molar-refractivity contribution in [3.05, 3.63) is 71.9 Å². The van der Waals surface area contributed by atoms with Crippen molar-refractivity contribution in [2.45, 2.75) is 19.0 Å². The highest BCUT2D eigenvalue weighted by atomic mass is 16.5. The molecule has 2 heterocycles. The van der Waals surface area contributed by atoms with E-state index in [-0.39, 0.29) is 18.6 Å². The van der Waals surface area contributed by atoms with Crippen molar-refractivity contribution in [3.8, 4) is 5.75 Å². The number of aromatic nitrogens is 1. The number of para-hydroxylation sites is 1. The van der Waals surface area contributed by atoms with Gasteiger partial charge in [0.15, 0.2) is 6.61 Å². The van der Waals surface area contributed by atoms with Crippen LogP contribution in [-0.2, 0) is 17.8 Å². The molecule has 156 valence electrons. The van der Waals surface area contributed by atoms with Gasteiger partial charge in [0.2, 0.25) is 0 Å². The number of likely N-dealkylation sites (N-methyl/N-ethyl adjacent to an activating group) is 1. The van der Waals surface area contributed by atoms with Crippen LogP contribution in [0.1, 0.15) is 11.1 Å². The van der Waals surface area contributed by atoms with Crippen LogP contribution in [0.2, 0.25) is 0 Å². The molecule has 2 aromatic carbocycles. The van der Waals surface area contributed by atoms with Crippen LogP contribution in [0.25, 0.3) is 10.9 Å². The molecule has 0 saturated carbocycles. The number of nitrogens with zero attached hydrogens (tertiary/aromatic N) is 2. The van der Waals surface area contributed by atoms with E-state index in [1.807, 2.05) is 37.4 Å². The van der Waals surface area contributed by atoms with E-state index in [1.165, 1.54) is 11.1 Å². The van der Waals surface area contributed by atoms with E-state index in [2.05, 4.69) is 44.8 Å². The molecule has 4 rings (SSSR count). The minimum absolute atomic E-state index is 0.0246. The van der Waals surface area contributed by atoms with E-state index in [1.54, 1.807) is 6.20 Å². The fraction of sp³-hybridized carbons (Fsp3) is 0.333. The van der Waals surface area contributed by atoms with Crippen LogP contribution in [0.4, 0.5) is 0 Å². The van der Waals surface area contributed by atoms with Crippen molar-refractivity contribution in [2.75, 3.05) is 33.3 Å². The van der Waals surface area contributed by atoms with Gasteiger partial charge in [-0.2, -0.15) is 0 Å². The number of amides is 1. The largest absolute Gasteiger partial charge is 0.481 e. The van der Waals surface area contributed by atoms with E-state index < -0.39 is 0 Å². The molecule has 1 aromatic heterocycles. The normalized spacial score (nSPS) is 14.8. The molecule has 1 aliphatic rings. The molecule has 0 radical (unpaired) electrons. The second-order valence-corrected chi connectivity index (χ2v) is 7.66. The van der Waals surface area contributed by atoms with Gasteiger partial charge in [0.25, 0.3) is 5.91 Å². The number of rotatable bonds is 8. The van der Waals surface area contributed by atoms with Crippen molar-refractivity contribution >= 4 is 16.8 Å². The first-order chi connectivity index (χ1) is 14.7. The Morgan fingerprint density at radius 2 is 1.97 bits per heavy atom. The maximum absolute atomic E-state index is 12.3. The lowest BCUT2D eigenvalue weighted by atomic mass is 9.99. The molecule has 2 N–H and O–H groups in total. The molecule has 1 aliphatic heterocycles. The number of fused-ring (bicyclic) bond motifs is 2. The first-order valence-electron chi connectivity index (χ1n) is 10.4. The van der Waals surface area contributed by atoms with Crippen LogP contribution in [0.3, 0.4) is 0 Å². The maximum atomic E-state index is 12.3. The molecule has 6 nitrogen and oxygen atoms in total. The third-order valence-electron chi connectivity index (χ3n) is 5.60. The minimum Gasteiger partial charge on any atom is -0.481 e. The summed E-state index contributed by atoms with van der Waals surface area (Å²) in [7, 11) is 1.94. The summed E-state index contributed by atoms with van der Waals surface area (Å²) in [5.41, 5.74) is 3.62. The van der Waals surface area contributed by atoms with Crippen LogP contribution in [-0.4, -0.2) is 55.1 Å². The Balaban J connectivity index is 1.25. The molecule has 6 heteroatoms. The van der Waals surface area contributed by atoms with Crippen molar-refractivity contribution < 1.29 is 9.53 Å². The van der Waals surface area contributed by atoms with Gasteiger partial charge in [0.1, 0.15) is 11.3 Å². The van der Waals surface area contributed by atoms with Crippen molar-refractivity contribution in [1.29, 1.82) is 0 Å². The number of ether oxygens (including phenoxy) is 1. The predicted octanol–water partition coefficient (Wildman–Crippen LogP) is 2.38. The smallest absolute Gasteiger partial charge is 0.257 e. The molecule has 30 heavy (non-hydrogen) atoms.